The number of rotatable bonds is 2. The van der Waals surface area contributed by atoms with Crippen LogP contribution in [0.4, 0.5) is 0 Å². The Hall–Kier alpha value is -1.73. The molecule has 2 heteroatoms. The smallest absolute Gasteiger partial charge is 0.118 e. The molecule has 19 heavy (non-hydrogen) atoms. The summed E-state index contributed by atoms with van der Waals surface area (Å²) in [6.07, 6.45) is 2.24. The highest BCUT2D eigenvalue weighted by Crippen LogP contribution is 2.41. The van der Waals surface area contributed by atoms with Gasteiger partial charge in [0.15, 0.2) is 0 Å². The van der Waals surface area contributed by atoms with Gasteiger partial charge in [-0.2, -0.15) is 0 Å². The molecule has 1 nitrogen and oxygen atoms in total. The van der Waals surface area contributed by atoms with E-state index >= 15 is 0 Å². The third-order valence-electron chi connectivity index (χ3n) is 3.65. The first-order valence-electron chi connectivity index (χ1n) is 6.30. The molecule has 0 bridgehead atoms. The van der Waals surface area contributed by atoms with Crippen LogP contribution in [0.2, 0.25) is 5.02 Å². The minimum absolute atomic E-state index is 0.305. The van der Waals surface area contributed by atoms with E-state index in [-0.39, 0.29) is 0 Å². The molecule has 0 heterocycles. The normalized spacial score (nSPS) is 17.0. The predicted molar refractivity (Wildman–Crippen MR) is 79.9 cm³/mol. The Morgan fingerprint density at radius 3 is 2.47 bits per heavy atom. The van der Waals surface area contributed by atoms with Crippen LogP contribution < -0.4 is 4.74 Å². The van der Waals surface area contributed by atoms with E-state index in [4.69, 9.17) is 16.3 Å². The number of allylic oxidation sites excluding steroid dienone is 1. The number of methoxy groups -OCH3 is 1. The summed E-state index contributed by atoms with van der Waals surface area (Å²) < 4.78 is 5.21. The fourth-order valence-electron chi connectivity index (χ4n) is 2.74. The second-order valence-corrected chi connectivity index (χ2v) is 5.30. The highest BCUT2D eigenvalue weighted by molar-refractivity contribution is 6.30. The molecule has 0 saturated heterocycles. The van der Waals surface area contributed by atoms with Crippen LogP contribution in [0.3, 0.4) is 0 Å². The van der Waals surface area contributed by atoms with E-state index < -0.39 is 0 Å². The molecule has 0 fully saturated rings. The van der Waals surface area contributed by atoms with Crippen molar-refractivity contribution in [1.29, 1.82) is 0 Å². The van der Waals surface area contributed by atoms with Crippen LogP contribution in [0, 0.1) is 0 Å². The molecule has 0 amide bonds. The van der Waals surface area contributed by atoms with Crippen LogP contribution in [0.5, 0.6) is 5.75 Å². The Bertz CT molecular complexity index is 641. The van der Waals surface area contributed by atoms with E-state index in [0.717, 1.165) is 10.8 Å². The van der Waals surface area contributed by atoms with Crippen LogP contribution in [-0.2, 0) is 0 Å². The molecule has 96 valence electrons. The van der Waals surface area contributed by atoms with Gasteiger partial charge in [-0.15, -0.1) is 0 Å². The summed E-state index contributed by atoms with van der Waals surface area (Å²) in [5.74, 6) is 1.19. The van der Waals surface area contributed by atoms with Gasteiger partial charge in [-0.3, -0.25) is 0 Å². The van der Waals surface area contributed by atoms with Crippen molar-refractivity contribution in [3.8, 4) is 5.75 Å². The minimum Gasteiger partial charge on any atom is -0.497 e. The average molecular weight is 271 g/mol. The summed E-state index contributed by atoms with van der Waals surface area (Å²) in [6, 6.07) is 14.4. The lowest BCUT2D eigenvalue weighted by atomic mass is 9.89. The third-order valence-corrected chi connectivity index (χ3v) is 3.88. The lowest BCUT2D eigenvalue weighted by molar-refractivity contribution is 0.414. The van der Waals surface area contributed by atoms with Crippen molar-refractivity contribution in [2.45, 2.75) is 12.8 Å². The maximum atomic E-state index is 6.13. The second kappa shape index (κ2) is 4.75. The van der Waals surface area contributed by atoms with Crippen molar-refractivity contribution in [1.82, 2.24) is 0 Å². The monoisotopic (exact) mass is 270 g/mol. The van der Waals surface area contributed by atoms with E-state index in [1.807, 2.05) is 18.2 Å². The molecule has 1 aliphatic rings. The first kappa shape index (κ1) is 12.3. The molecule has 0 radical (unpaired) electrons. The van der Waals surface area contributed by atoms with E-state index in [1.165, 1.54) is 22.3 Å². The molecule has 2 aromatic rings. The Balaban J connectivity index is 2.06. The average Bonchev–Trinajstić information content (AvgIpc) is 2.74. The van der Waals surface area contributed by atoms with E-state index in [0.29, 0.717) is 5.92 Å². The van der Waals surface area contributed by atoms with Gasteiger partial charge in [-0.1, -0.05) is 41.4 Å². The Kier molecular flexibility index (Phi) is 3.08. The molecular weight excluding hydrogens is 256 g/mol. The maximum absolute atomic E-state index is 6.13. The van der Waals surface area contributed by atoms with Crippen molar-refractivity contribution in [3.63, 3.8) is 0 Å². The van der Waals surface area contributed by atoms with Crippen molar-refractivity contribution in [3.05, 3.63) is 69.8 Å². The zero-order valence-corrected chi connectivity index (χ0v) is 11.7. The topological polar surface area (TPSA) is 9.23 Å². The Morgan fingerprint density at radius 2 is 1.79 bits per heavy atom. The van der Waals surface area contributed by atoms with Crippen LogP contribution in [0.15, 0.2) is 48.0 Å². The lowest BCUT2D eigenvalue weighted by Crippen LogP contribution is -1.99. The first-order chi connectivity index (χ1) is 9.19. The molecule has 0 saturated carbocycles. The quantitative estimate of drug-likeness (QED) is 0.754. The fraction of sp³-hybridized carbons (Fsp3) is 0.176. The summed E-state index contributed by atoms with van der Waals surface area (Å²) in [6.45, 7) is 2.17. The van der Waals surface area contributed by atoms with Gasteiger partial charge in [0.1, 0.15) is 5.75 Å². The molecule has 0 aliphatic heterocycles. The van der Waals surface area contributed by atoms with Crippen molar-refractivity contribution in [2.75, 3.05) is 7.11 Å². The molecule has 0 N–H and O–H groups in total. The van der Waals surface area contributed by atoms with Crippen molar-refractivity contribution >= 4 is 17.7 Å². The fourth-order valence-corrected chi connectivity index (χ4v) is 2.92. The predicted octanol–water partition coefficient (Wildman–Crippen LogP) is 4.90. The summed E-state index contributed by atoms with van der Waals surface area (Å²) in [7, 11) is 1.69. The van der Waals surface area contributed by atoms with E-state index in [2.05, 4.69) is 37.3 Å². The Labute approximate surface area is 118 Å². The highest BCUT2D eigenvalue weighted by Gasteiger charge is 2.24. The molecule has 0 aromatic heterocycles. The summed E-state index contributed by atoms with van der Waals surface area (Å²) in [4.78, 5) is 0. The number of fused-ring (bicyclic) bond motifs is 1. The summed E-state index contributed by atoms with van der Waals surface area (Å²) in [5.41, 5.74) is 5.18. The van der Waals surface area contributed by atoms with Crippen LogP contribution >= 0.6 is 11.6 Å². The number of halogens is 1. The number of hydrogen-bond acceptors (Lipinski definition) is 1. The van der Waals surface area contributed by atoms with Gasteiger partial charge in [0.05, 0.1) is 7.11 Å². The molecule has 1 aliphatic carbocycles. The van der Waals surface area contributed by atoms with Crippen LogP contribution in [-0.4, -0.2) is 7.11 Å². The summed E-state index contributed by atoms with van der Waals surface area (Å²) in [5, 5.41) is 0.792. The zero-order chi connectivity index (χ0) is 13.4. The zero-order valence-electron chi connectivity index (χ0n) is 11.0. The van der Waals surface area contributed by atoms with Gasteiger partial charge < -0.3 is 4.74 Å². The van der Waals surface area contributed by atoms with Crippen molar-refractivity contribution in [2.24, 2.45) is 0 Å². The minimum atomic E-state index is 0.305. The van der Waals surface area contributed by atoms with E-state index in [9.17, 15) is 0 Å². The number of ether oxygens (including phenoxy) is 1. The van der Waals surface area contributed by atoms with Gasteiger partial charge in [0.25, 0.3) is 0 Å². The molecule has 1 unspecified atom stereocenters. The molecule has 0 spiro atoms. The molecule has 3 rings (SSSR count). The molecule has 1 atom stereocenters. The SMILES string of the molecule is COc1ccc(C2C(C)=Cc3ccc(Cl)cc32)cc1. The molecule has 2 aromatic carbocycles. The maximum Gasteiger partial charge on any atom is 0.118 e. The lowest BCUT2D eigenvalue weighted by Gasteiger charge is -2.15. The standard InChI is InChI=1S/C17H15ClO/c1-11-9-13-3-6-14(18)10-16(13)17(11)12-4-7-15(19-2)8-5-12/h3-10,17H,1-2H3. The summed E-state index contributed by atoms with van der Waals surface area (Å²) >= 11 is 6.13. The first-order valence-corrected chi connectivity index (χ1v) is 6.68. The number of benzene rings is 2. The van der Waals surface area contributed by atoms with Crippen molar-refractivity contribution < 1.29 is 4.74 Å². The van der Waals surface area contributed by atoms with E-state index in [1.54, 1.807) is 7.11 Å². The molecular formula is C17H15ClO. The second-order valence-electron chi connectivity index (χ2n) is 4.87. The van der Waals surface area contributed by atoms with Gasteiger partial charge in [-0.05, 0) is 47.9 Å². The van der Waals surface area contributed by atoms with Crippen LogP contribution in [0.1, 0.15) is 29.5 Å². The Morgan fingerprint density at radius 1 is 1.05 bits per heavy atom. The largest absolute Gasteiger partial charge is 0.497 e. The van der Waals surface area contributed by atoms with Gasteiger partial charge >= 0.3 is 0 Å². The third kappa shape index (κ3) is 2.15. The van der Waals surface area contributed by atoms with Gasteiger partial charge in [-0.25, -0.2) is 0 Å². The van der Waals surface area contributed by atoms with Gasteiger partial charge in [0, 0.05) is 10.9 Å². The highest BCUT2D eigenvalue weighted by atomic mass is 35.5. The van der Waals surface area contributed by atoms with Crippen LogP contribution in [0.25, 0.3) is 6.08 Å². The number of hydrogen-bond donors (Lipinski definition) is 0. The van der Waals surface area contributed by atoms with Gasteiger partial charge in [0.2, 0.25) is 0 Å².